The smallest absolute Gasteiger partial charge is 0.251 e. The van der Waals surface area contributed by atoms with E-state index in [2.05, 4.69) is 25.8 Å². The van der Waals surface area contributed by atoms with Crippen molar-refractivity contribution in [2.75, 3.05) is 11.1 Å². The van der Waals surface area contributed by atoms with E-state index in [-0.39, 0.29) is 29.9 Å². The Morgan fingerprint density at radius 1 is 1.15 bits per heavy atom. The Bertz CT molecular complexity index is 1260. The van der Waals surface area contributed by atoms with Gasteiger partial charge in [0.25, 0.3) is 5.91 Å². The Balaban J connectivity index is 1.51. The fraction of sp³-hybridized carbons (Fsp3) is 0.136. The van der Waals surface area contributed by atoms with Crippen LogP contribution in [0.2, 0.25) is 0 Å². The molecule has 2 aromatic carbocycles. The van der Waals surface area contributed by atoms with E-state index in [0.29, 0.717) is 27.4 Å². The summed E-state index contributed by atoms with van der Waals surface area (Å²) < 4.78 is 15.2. The summed E-state index contributed by atoms with van der Waals surface area (Å²) in [6, 6.07) is 13.1. The van der Waals surface area contributed by atoms with E-state index in [1.807, 2.05) is 19.1 Å². The molecule has 4 aromatic rings. The molecule has 0 spiro atoms. The van der Waals surface area contributed by atoms with Crippen LogP contribution in [-0.2, 0) is 11.3 Å². The number of halogens is 1. The van der Waals surface area contributed by atoms with E-state index in [1.54, 1.807) is 40.4 Å². The minimum atomic E-state index is -0.377. The van der Waals surface area contributed by atoms with Gasteiger partial charge in [-0.05, 0) is 43.3 Å². The lowest BCUT2D eigenvalue weighted by atomic mass is 10.1. The highest BCUT2D eigenvalue weighted by atomic mass is 32.2. The van der Waals surface area contributed by atoms with Gasteiger partial charge in [-0.2, -0.15) is 0 Å². The van der Waals surface area contributed by atoms with Crippen LogP contribution in [0.1, 0.15) is 21.7 Å². The van der Waals surface area contributed by atoms with Crippen LogP contribution in [0.15, 0.2) is 65.3 Å². The summed E-state index contributed by atoms with van der Waals surface area (Å²) in [6.07, 6.45) is 1.61. The Hall–Kier alpha value is -3.57. The number of carbonyl (C=O) groups excluding carboxylic acids is 2. The minimum Gasteiger partial charge on any atom is -0.345 e. The number of aromatic nitrogens is 4. The second-order valence-corrected chi connectivity index (χ2v) is 8.77. The predicted octanol–water partition coefficient (Wildman–Crippen LogP) is 3.83. The Kier molecular flexibility index (Phi) is 7.10. The lowest BCUT2D eigenvalue weighted by molar-refractivity contribution is -0.113. The van der Waals surface area contributed by atoms with Crippen LogP contribution in [0.4, 0.5) is 9.52 Å². The monoisotopic (exact) mass is 482 g/mol. The van der Waals surface area contributed by atoms with Crippen LogP contribution in [0.25, 0.3) is 5.69 Å². The fourth-order valence-corrected chi connectivity index (χ4v) is 4.29. The van der Waals surface area contributed by atoms with Crippen molar-refractivity contribution in [1.29, 1.82) is 0 Å². The van der Waals surface area contributed by atoms with Crippen LogP contribution in [0.5, 0.6) is 0 Å². The maximum absolute atomic E-state index is 13.5. The first-order valence-electron chi connectivity index (χ1n) is 9.87. The van der Waals surface area contributed by atoms with Crippen LogP contribution < -0.4 is 10.6 Å². The number of amides is 2. The zero-order valence-corrected chi connectivity index (χ0v) is 19.1. The van der Waals surface area contributed by atoms with Crippen molar-refractivity contribution in [3.63, 3.8) is 0 Å². The zero-order valence-electron chi connectivity index (χ0n) is 17.5. The van der Waals surface area contributed by atoms with Crippen LogP contribution in [-0.4, -0.2) is 37.3 Å². The summed E-state index contributed by atoms with van der Waals surface area (Å²) >= 11 is 2.50. The first kappa shape index (κ1) is 22.6. The third-order valence-corrected chi connectivity index (χ3v) is 6.10. The number of nitrogens with one attached hydrogen (secondary N) is 2. The summed E-state index contributed by atoms with van der Waals surface area (Å²) in [4.78, 5) is 28.8. The molecule has 33 heavy (non-hydrogen) atoms. The predicted molar refractivity (Wildman–Crippen MR) is 125 cm³/mol. The standard InChI is InChI=1S/C22H19FN6O2S2/c1-14-3-2-4-15(11-14)20(31)25-12-18-27-28-22(29(18)17-7-5-16(23)6-8-17)33-13-19(30)26-21-24-9-10-32-21/h2-11H,12-13H2,1H3,(H,25,31)(H,24,26,30). The number of hydrogen-bond acceptors (Lipinski definition) is 7. The number of benzene rings is 2. The fourth-order valence-electron chi connectivity index (χ4n) is 2.98. The molecular weight excluding hydrogens is 463 g/mol. The summed E-state index contributed by atoms with van der Waals surface area (Å²) in [7, 11) is 0. The number of anilines is 1. The van der Waals surface area contributed by atoms with Gasteiger partial charge in [0.1, 0.15) is 5.82 Å². The lowest BCUT2D eigenvalue weighted by Crippen LogP contribution is -2.24. The number of carbonyl (C=O) groups is 2. The van der Waals surface area contributed by atoms with E-state index in [4.69, 9.17) is 0 Å². The number of thiazole rings is 1. The molecule has 2 amide bonds. The lowest BCUT2D eigenvalue weighted by Gasteiger charge is -2.11. The molecule has 0 bridgehead atoms. The molecule has 4 rings (SSSR count). The molecule has 0 unspecified atom stereocenters. The van der Waals surface area contributed by atoms with Gasteiger partial charge in [0.2, 0.25) is 5.91 Å². The summed E-state index contributed by atoms with van der Waals surface area (Å²) in [6.45, 7) is 2.01. The van der Waals surface area contributed by atoms with Crippen molar-refractivity contribution in [2.24, 2.45) is 0 Å². The molecule has 2 aromatic heterocycles. The third kappa shape index (κ3) is 5.82. The van der Waals surface area contributed by atoms with E-state index in [0.717, 1.165) is 5.56 Å². The second-order valence-electron chi connectivity index (χ2n) is 6.94. The molecule has 2 N–H and O–H groups in total. The number of rotatable bonds is 8. The molecule has 2 heterocycles. The highest BCUT2D eigenvalue weighted by Gasteiger charge is 2.17. The van der Waals surface area contributed by atoms with Gasteiger partial charge in [-0.15, -0.1) is 21.5 Å². The van der Waals surface area contributed by atoms with E-state index in [1.165, 1.54) is 35.2 Å². The Labute approximate surface area is 197 Å². The molecule has 11 heteroatoms. The molecule has 0 saturated carbocycles. The summed E-state index contributed by atoms with van der Waals surface area (Å²) in [5.74, 6) is -0.333. The topological polar surface area (TPSA) is 102 Å². The average Bonchev–Trinajstić information content (AvgIpc) is 3.46. The molecule has 0 saturated heterocycles. The molecule has 0 aliphatic carbocycles. The zero-order chi connectivity index (χ0) is 23.2. The molecule has 0 fully saturated rings. The van der Waals surface area contributed by atoms with Crippen molar-refractivity contribution in [1.82, 2.24) is 25.1 Å². The number of aryl methyl sites for hydroxylation is 1. The van der Waals surface area contributed by atoms with Gasteiger partial charge in [-0.1, -0.05) is 29.5 Å². The summed E-state index contributed by atoms with van der Waals surface area (Å²) in [5, 5.41) is 16.7. The number of nitrogens with zero attached hydrogens (tertiary/aromatic N) is 4. The first-order valence-corrected chi connectivity index (χ1v) is 11.7. The quantitative estimate of drug-likeness (QED) is 0.370. The molecule has 8 nitrogen and oxygen atoms in total. The Morgan fingerprint density at radius 2 is 1.97 bits per heavy atom. The molecule has 0 radical (unpaired) electrons. The van der Waals surface area contributed by atoms with Gasteiger partial charge in [-0.25, -0.2) is 9.37 Å². The van der Waals surface area contributed by atoms with Crippen molar-refractivity contribution >= 4 is 40.0 Å². The van der Waals surface area contributed by atoms with Crippen molar-refractivity contribution < 1.29 is 14.0 Å². The van der Waals surface area contributed by atoms with Gasteiger partial charge >= 0.3 is 0 Å². The van der Waals surface area contributed by atoms with Crippen LogP contribution >= 0.6 is 23.1 Å². The van der Waals surface area contributed by atoms with E-state index >= 15 is 0 Å². The highest BCUT2D eigenvalue weighted by molar-refractivity contribution is 7.99. The van der Waals surface area contributed by atoms with Crippen LogP contribution in [0, 0.1) is 12.7 Å². The molecule has 0 atom stereocenters. The average molecular weight is 483 g/mol. The third-order valence-electron chi connectivity index (χ3n) is 4.48. The molecule has 0 aliphatic rings. The normalized spacial score (nSPS) is 10.7. The van der Waals surface area contributed by atoms with Crippen LogP contribution in [0.3, 0.4) is 0 Å². The number of thioether (sulfide) groups is 1. The SMILES string of the molecule is Cc1cccc(C(=O)NCc2nnc(SCC(=O)Nc3nccs3)n2-c2ccc(F)cc2)c1. The highest BCUT2D eigenvalue weighted by Crippen LogP contribution is 2.23. The largest absolute Gasteiger partial charge is 0.345 e. The van der Waals surface area contributed by atoms with Gasteiger partial charge in [0.05, 0.1) is 12.3 Å². The van der Waals surface area contributed by atoms with E-state index in [9.17, 15) is 14.0 Å². The Morgan fingerprint density at radius 3 is 2.70 bits per heavy atom. The molecular formula is C22H19FN6O2S2. The summed E-state index contributed by atoms with van der Waals surface area (Å²) in [5.41, 5.74) is 2.13. The van der Waals surface area contributed by atoms with Crippen molar-refractivity contribution in [2.45, 2.75) is 18.6 Å². The second kappa shape index (κ2) is 10.4. The van der Waals surface area contributed by atoms with Gasteiger partial charge in [0.15, 0.2) is 16.1 Å². The van der Waals surface area contributed by atoms with Crippen molar-refractivity contribution in [3.05, 3.63) is 82.9 Å². The number of hydrogen-bond donors (Lipinski definition) is 2. The maximum Gasteiger partial charge on any atom is 0.251 e. The molecule has 0 aliphatic heterocycles. The van der Waals surface area contributed by atoms with Crippen molar-refractivity contribution in [3.8, 4) is 5.69 Å². The van der Waals surface area contributed by atoms with Gasteiger partial charge < -0.3 is 10.6 Å². The van der Waals surface area contributed by atoms with Gasteiger partial charge in [0, 0.05) is 22.8 Å². The molecule has 168 valence electrons. The van der Waals surface area contributed by atoms with Gasteiger partial charge in [-0.3, -0.25) is 14.2 Å². The van der Waals surface area contributed by atoms with E-state index < -0.39 is 0 Å². The first-order chi connectivity index (χ1) is 16.0. The minimum absolute atomic E-state index is 0.0779. The maximum atomic E-state index is 13.5.